The summed E-state index contributed by atoms with van der Waals surface area (Å²) in [4.78, 5) is 0. The highest BCUT2D eigenvalue weighted by Gasteiger charge is 1.85. The number of hydrogen-bond donors (Lipinski definition) is 0. The number of hydrogen-bond acceptors (Lipinski definition) is 2. The molecule has 0 bridgehead atoms. The third-order valence-corrected chi connectivity index (χ3v) is 4.38. The minimum Gasteiger partial charge on any atom is -0.137 e. The first-order chi connectivity index (χ1) is 3.43. The molecule has 38 valence electrons. The summed E-state index contributed by atoms with van der Waals surface area (Å²) < 4.78 is 1.38. The van der Waals surface area contributed by atoms with Crippen LogP contribution in [-0.4, -0.2) is 0 Å². The quantitative estimate of drug-likeness (QED) is 0.681. The Bertz CT molecular complexity index is 124. The molecule has 0 nitrogen and oxygen atoms in total. The van der Waals surface area contributed by atoms with Crippen LogP contribution in [0.5, 0.6) is 0 Å². The minimum atomic E-state index is 1.38. The van der Waals surface area contributed by atoms with Gasteiger partial charge in [0, 0.05) is 21.2 Å². The van der Waals surface area contributed by atoms with Crippen molar-refractivity contribution in [3.05, 3.63) is 17.5 Å². The molecule has 0 aliphatic rings. The highest BCUT2D eigenvalue weighted by Crippen LogP contribution is 2.28. The van der Waals surface area contributed by atoms with Crippen molar-refractivity contribution in [3.63, 3.8) is 0 Å². The molecule has 0 unspecified atom stereocenters. The van der Waals surface area contributed by atoms with E-state index in [1.807, 2.05) is 0 Å². The highest BCUT2D eigenvalue weighted by molar-refractivity contribution is 14.2. The third-order valence-electron chi connectivity index (χ3n) is 0.571. The van der Waals surface area contributed by atoms with Crippen LogP contribution in [0.2, 0.25) is 0 Å². The van der Waals surface area contributed by atoms with E-state index in [1.165, 1.54) is 4.21 Å². The zero-order valence-corrected chi connectivity index (χ0v) is 7.22. The summed E-state index contributed by atoms with van der Waals surface area (Å²) in [7, 11) is 1.76. The van der Waals surface area contributed by atoms with Crippen molar-refractivity contribution in [2.75, 3.05) is 0 Å². The molecule has 0 saturated carbocycles. The second-order valence-electron chi connectivity index (χ2n) is 1.01. The van der Waals surface area contributed by atoms with Crippen LogP contribution < -0.4 is 0 Å². The fraction of sp³-hybridized carbons (Fsp3) is 0. The number of thiophene rings is 1. The van der Waals surface area contributed by atoms with Crippen LogP contribution in [0.1, 0.15) is 0 Å². The van der Waals surface area contributed by atoms with Gasteiger partial charge in [0.2, 0.25) is 0 Å². The van der Waals surface area contributed by atoms with Crippen LogP contribution in [0, 0.1) is 0 Å². The van der Waals surface area contributed by atoms with Crippen LogP contribution >= 0.6 is 41.5 Å². The molecule has 7 heavy (non-hydrogen) atoms. The summed E-state index contributed by atoms with van der Waals surface area (Å²) in [6.45, 7) is 0. The maximum atomic E-state index is 2.28. The average Bonchev–Trinajstić information content (AvgIpc) is 2.14. The first-order valence-electron chi connectivity index (χ1n) is 1.75. The highest BCUT2D eigenvalue weighted by atomic mass is 127. The van der Waals surface area contributed by atoms with Gasteiger partial charge in [0.1, 0.15) is 0 Å². The molecule has 0 fully saturated rings. The van der Waals surface area contributed by atoms with Crippen molar-refractivity contribution in [1.82, 2.24) is 0 Å². The number of halogens is 1. The van der Waals surface area contributed by atoms with Gasteiger partial charge in [-0.1, -0.05) is 6.07 Å². The Kier molecular flexibility index (Phi) is 2.48. The Morgan fingerprint density at radius 3 is 2.86 bits per heavy atom. The molecule has 1 heterocycles. The summed E-state index contributed by atoms with van der Waals surface area (Å²) in [5, 5.41) is 2.08. The van der Waals surface area contributed by atoms with Crippen LogP contribution in [0.25, 0.3) is 0 Å². The molecule has 1 aromatic heterocycles. The molecule has 3 heteroatoms. The Labute approximate surface area is 62.9 Å². The predicted octanol–water partition coefficient (Wildman–Crippen LogP) is 3.19. The molecule has 0 atom stereocenters. The molecule has 0 amide bonds. The van der Waals surface area contributed by atoms with Gasteiger partial charge in [-0.05, 0) is 20.4 Å². The van der Waals surface area contributed by atoms with E-state index < -0.39 is 0 Å². The van der Waals surface area contributed by atoms with Crippen molar-refractivity contribution >= 4 is 41.5 Å². The topological polar surface area (TPSA) is 0 Å². The summed E-state index contributed by atoms with van der Waals surface area (Å²) in [6.07, 6.45) is 0. The molecule has 0 N–H and O–H groups in total. The summed E-state index contributed by atoms with van der Waals surface area (Å²) in [5.74, 6) is 0. The van der Waals surface area contributed by atoms with E-state index in [0.717, 1.165) is 0 Å². The first-order valence-corrected chi connectivity index (χ1v) is 5.99. The maximum Gasteiger partial charge on any atom is 0.0702 e. The van der Waals surface area contributed by atoms with Gasteiger partial charge in [-0.2, -0.15) is 0 Å². The second kappa shape index (κ2) is 2.94. The summed E-state index contributed by atoms with van der Waals surface area (Å²) in [6, 6.07) is 4.17. The third kappa shape index (κ3) is 1.62. The van der Waals surface area contributed by atoms with Gasteiger partial charge < -0.3 is 0 Å². The normalized spacial score (nSPS) is 9.29. The molecule has 0 aliphatic heterocycles. The van der Waals surface area contributed by atoms with Crippen molar-refractivity contribution < 1.29 is 0 Å². The van der Waals surface area contributed by atoms with Crippen molar-refractivity contribution in [3.8, 4) is 0 Å². The van der Waals surface area contributed by atoms with Crippen molar-refractivity contribution in [2.24, 2.45) is 0 Å². The largest absolute Gasteiger partial charge is 0.137 e. The average molecular weight is 242 g/mol. The van der Waals surface area contributed by atoms with Crippen molar-refractivity contribution in [2.45, 2.75) is 4.21 Å². The lowest BCUT2D eigenvalue weighted by molar-refractivity contribution is 1.76. The Morgan fingerprint density at radius 2 is 2.57 bits per heavy atom. The minimum absolute atomic E-state index is 1.38. The van der Waals surface area contributed by atoms with Gasteiger partial charge in [-0.3, -0.25) is 0 Å². The number of rotatable bonds is 1. The molecule has 0 aliphatic carbocycles. The molecule has 0 radical (unpaired) electrons. The Hall–Kier alpha value is 0.780. The van der Waals surface area contributed by atoms with Gasteiger partial charge in [-0.15, -0.1) is 11.3 Å². The van der Waals surface area contributed by atoms with Crippen LogP contribution in [0.15, 0.2) is 21.7 Å². The van der Waals surface area contributed by atoms with Gasteiger partial charge in [0.05, 0.1) is 4.21 Å². The first kappa shape index (κ1) is 5.91. The molecule has 0 aromatic carbocycles. The lowest BCUT2D eigenvalue weighted by Gasteiger charge is -1.75. The van der Waals surface area contributed by atoms with Crippen LogP contribution in [0.3, 0.4) is 0 Å². The fourth-order valence-corrected chi connectivity index (χ4v) is 2.57. The molecule has 0 spiro atoms. The molecular formula is C4H3IS2. The smallest absolute Gasteiger partial charge is 0.0702 e. The van der Waals surface area contributed by atoms with Crippen LogP contribution in [-0.2, 0) is 0 Å². The summed E-state index contributed by atoms with van der Waals surface area (Å²) >= 11 is 4.06. The van der Waals surface area contributed by atoms with Gasteiger partial charge in [-0.25, -0.2) is 0 Å². The van der Waals surface area contributed by atoms with E-state index in [1.54, 1.807) is 20.3 Å². The van der Waals surface area contributed by atoms with Crippen LogP contribution in [0.4, 0.5) is 0 Å². The second-order valence-corrected chi connectivity index (χ2v) is 4.13. The lowest BCUT2D eigenvalue weighted by Crippen LogP contribution is -1.38. The van der Waals surface area contributed by atoms with Gasteiger partial charge in [0.25, 0.3) is 0 Å². The zero-order valence-electron chi connectivity index (χ0n) is 3.43. The zero-order chi connectivity index (χ0) is 5.11. The molecule has 1 rings (SSSR count). The van der Waals surface area contributed by atoms with E-state index >= 15 is 0 Å². The molecular weight excluding hydrogens is 239 g/mol. The van der Waals surface area contributed by atoms with E-state index in [2.05, 4.69) is 38.7 Å². The molecule has 1 aromatic rings. The van der Waals surface area contributed by atoms with Crippen molar-refractivity contribution in [1.29, 1.82) is 0 Å². The van der Waals surface area contributed by atoms with Gasteiger partial charge in [0.15, 0.2) is 0 Å². The summed E-state index contributed by atoms with van der Waals surface area (Å²) in [5.41, 5.74) is 0. The maximum absolute atomic E-state index is 2.28. The fourth-order valence-electron chi connectivity index (χ4n) is 0.307. The van der Waals surface area contributed by atoms with E-state index in [4.69, 9.17) is 0 Å². The van der Waals surface area contributed by atoms with E-state index in [-0.39, 0.29) is 0 Å². The standard InChI is InChI=1S/C4H3IS2/c5-7-4-2-1-3-6-4/h1-3H. The lowest BCUT2D eigenvalue weighted by atomic mass is 10.7. The Morgan fingerprint density at radius 1 is 1.71 bits per heavy atom. The van der Waals surface area contributed by atoms with Gasteiger partial charge >= 0.3 is 0 Å². The predicted molar refractivity (Wildman–Crippen MR) is 44.2 cm³/mol. The Balaban J connectivity index is 2.76. The monoisotopic (exact) mass is 242 g/mol. The molecule has 0 saturated heterocycles. The SMILES string of the molecule is ISc1cccs1. The van der Waals surface area contributed by atoms with E-state index in [9.17, 15) is 0 Å². The van der Waals surface area contributed by atoms with E-state index in [0.29, 0.717) is 0 Å².